The molecule has 2 N–H and O–H groups in total. The second kappa shape index (κ2) is 10.4. The Morgan fingerprint density at radius 1 is 1.24 bits per heavy atom. The third-order valence-electron chi connectivity index (χ3n) is 3.40. The van der Waals surface area contributed by atoms with Crippen molar-refractivity contribution in [2.75, 3.05) is 21.3 Å². The van der Waals surface area contributed by atoms with Crippen molar-refractivity contribution in [3.63, 3.8) is 0 Å². The summed E-state index contributed by atoms with van der Waals surface area (Å²) in [7, 11) is 6.79. The van der Waals surface area contributed by atoms with Crippen molar-refractivity contribution in [3.8, 4) is 11.5 Å². The third-order valence-corrected chi connectivity index (χ3v) is 3.99. The Bertz CT molecular complexity index is 722. The number of aliphatic imine (C=N–C) groups is 1. The fraction of sp³-hybridized carbons (Fsp3) is 0.400. The van der Waals surface area contributed by atoms with E-state index in [2.05, 4.69) is 41.6 Å². The highest BCUT2D eigenvalue weighted by Crippen LogP contribution is 2.36. The molecule has 0 spiro atoms. The molecular weight excluding hydrogens is 503 g/mol. The molecule has 2 rings (SSSR count). The van der Waals surface area contributed by atoms with Crippen LogP contribution in [0.2, 0.25) is 0 Å². The summed E-state index contributed by atoms with van der Waals surface area (Å²) < 4.78 is 13.2. The van der Waals surface area contributed by atoms with Gasteiger partial charge in [0.15, 0.2) is 17.5 Å². The molecule has 0 aliphatic carbocycles. The number of ether oxygens (including phenoxy) is 2. The van der Waals surface area contributed by atoms with E-state index in [1.165, 1.54) is 6.33 Å². The maximum absolute atomic E-state index is 5.35. The Balaban J connectivity index is 0.00000312. The maximum Gasteiger partial charge on any atom is 0.191 e. The number of rotatable bonds is 6. The standard InChI is InChI=1S/C15H21BrN6O2.HI/c1-17-15(19-8-13-20-9-21-22(13)2)18-7-10-5-11(16)14(24-4)12(6-10)23-3;/h5-6,9H,7-8H2,1-4H3,(H2,17,18,19);1H. The second-order valence-corrected chi connectivity index (χ2v) is 5.75. The number of nitrogens with one attached hydrogen (secondary N) is 2. The molecule has 0 radical (unpaired) electrons. The van der Waals surface area contributed by atoms with Crippen LogP contribution >= 0.6 is 39.9 Å². The largest absolute Gasteiger partial charge is 0.493 e. The Hall–Kier alpha value is -1.56. The minimum Gasteiger partial charge on any atom is -0.493 e. The van der Waals surface area contributed by atoms with Gasteiger partial charge in [0, 0.05) is 20.6 Å². The SMILES string of the molecule is CN=C(NCc1cc(Br)c(OC)c(OC)c1)NCc1ncnn1C.I. The van der Waals surface area contributed by atoms with Crippen molar-refractivity contribution in [2.24, 2.45) is 12.0 Å². The van der Waals surface area contributed by atoms with Crippen molar-refractivity contribution in [1.82, 2.24) is 25.4 Å². The molecule has 0 fully saturated rings. The molecule has 0 aliphatic heterocycles. The number of benzene rings is 1. The molecule has 1 aromatic carbocycles. The summed E-state index contributed by atoms with van der Waals surface area (Å²) in [6.07, 6.45) is 1.52. The summed E-state index contributed by atoms with van der Waals surface area (Å²) >= 11 is 3.49. The summed E-state index contributed by atoms with van der Waals surface area (Å²) in [5.74, 6) is 2.84. The normalized spacial score (nSPS) is 10.8. The molecular formula is C15H22BrIN6O2. The van der Waals surface area contributed by atoms with Crippen molar-refractivity contribution in [3.05, 3.63) is 34.3 Å². The van der Waals surface area contributed by atoms with Gasteiger partial charge in [-0.25, -0.2) is 4.98 Å². The number of halogens is 2. The zero-order chi connectivity index (χ0) is 17.5. The third kappa shape index (κ3) is 5.73. The average molecular weight is 525 g/mol. The highest BCUT2D eigenvalue weighted by atomic mass is 127. The summed E-state index contributed by atoms with van der Waals surface area (Å²) in [4.78, 5) is 8.36. The van der Waals surface area contributed by atoms with Gasteiger partial charge in [0.1, 0.15) is 12.2 Å². The van der Waals surface area contributed by atoms with E-state index < -0.39 is 0 Å². The van der Waals surface area contributed by atoms with Crippen molar-refractivity contribution < 1.29 is 9.47 Å². The summed E-state index contributed by atoms with van der Waals surface area (Å²) in [6.45, 7) is 1.11. The first-order valence-electron chi connectivity index (χ1n) is 7.26. The lowest BCUT2D eigenvalue weighted by atomic mass is 10.2. The molecule has 1 aromatic heterocycles. The molecule has 0 atom stereocenters. The van der Waals surface area contributed by atoms with Crippen LogP contribution in [0.5, 0.6) is 11.5 Å². The van der Waals surface area contributed by atoms with Crippen LogP contribution in [0, 0.1) is 0 Å². The monoisotopic (exact) mass is 524 g/mol. The highest BCUT2D eigenvalue weighted by molar-refractivity contribution is 14.0. The number of aryl methyl sites for hydroxylation is 1. The lowest BCUT2D eigenvalue weighted by molar-refractivity contribution is 0.352. The van der Waals surface area contributed by atoms with Gasteiger partial charge in [-0.1, -0.05) is 0 Å². The minimum atomic E-state index is 0. The first-order chi connectivity index (χ1) is 11.6. The van der Waals surface area contributed by atoms with Crippen LogP contribution in [0.4, 0.5) is 0 Å². The van der Waals surface area contributed by atoms with E-state index in [1.807, 2.05) is 19.2 Å². The van der Waals surface area contributed by atoms with Crippen molar-refractivity contribution in [2.45, 2.75) is 13.1 Å². The first-order valence-corrected chi connectivity index (χ1v) is 8.06. The molecule has 25 heavy (non-hydrogen) atoms. The van der Waals surface area contributed by atoms with Crippen LogP contribution in [0.1, 0.15) is 11.4 Å². The predicted molar refractivity (Wildman–Crippen MR) is 111 cm³/mol. The smallest absolute Gasteiger partial charge is 0.191 e. The van der Waals surface area contributed by atoms with E-state index in [0.29, 0.717) is 30.5 Å². The van der Waals surface area contributed by atoms with Gasteiger partial charge in [-0.05, 0) is 33.6 Å². The number of aromatic nitrogens is 3. The van der Waals surface area contributed by atoms with Crippen LogP contribution in [0.3, 0.4) is 0 Å². The molecule has 1 heterocycles. The van der Waals surface area contributed by atoms with E-state index in [0.717, 1.165) is 15.9 Å². The van der Waals surface area contributed by atoms with E-state index in [1.54, 1.807) is 25.9 Å². The van der Waals surface area contributed by atoms with Gasteiger partial charge >= 0.3 is 0 Å². The fourth-order valence-electron chi connectivity index (χ4n) is 2.12. The van der Waals surface area contributed by atoms with E-state index in [-0.39, 0.29) is 24.0 Å². The predicted octanol–water partition coefficient (Wildman–Crippen LogP) is 2.08. The average Bonchev–Trinajstić information content (AvgIpc) is 2.99. The molecule has 0 bridgehead atoms. The van der Waals surface area contributed by atoms with Gasteiger partial charge in [-0.2, -0.15) is 5.10 Å². The van der Waals surface area contributed by atoms with Gasteiger partial charge < -0.3 is 20.1 Å². The van der Waals surface area contributed by atoms with Gasteiger partial charge in [0.2, 0.25) is 0 Å². The van der Waals surface area contributed by atoms with E-state index >= 15 is 0 Å². The second-order valence-electron chi connectivity index (χ2n) is 4.89. The van der Waals surface area contributed by atoms with Crippen LogP contribution in [-0.2, 0) is 20.1 Å². The molecule has 0 aliphatic rings. The van der Waals surface area contributed by atoms with E-state index in [4.69, 9.17) is 9.47 Å². The van der Waals surface area contributed by atoms with Crippen molar-refractivity contribution in [1.29, 1.82) is 0 Å². The molecule has 0 saturated heterocycles. The van der Waals surface area contributed by atoms with E-state index in [9.17, 15) is 0 Å². The lowest BCUT2D eigenvalue weighted by Crippen LogP contribution is -2.36. The summed E-state index contributed by atoms with van der Waals surface area (Å²) in [5.41, 5.74) is 1.03. The summed E-state index contributed by atoms with van der Waals surface area (Å²) in [5, 5.41) is 10.5. The number of hydrogen-bond donors (Lipinski definition) is 2. The first kappa shape index (κ1) is 21.5. The van der Waals surface area contributed by atoms with Gasteiger partial charge in [-0.3, -0.25) is 9.67 Å². The van der Waals surface area contributed by atoms with Crippen LogP contribution in [0.15, 0.2) is 27.9 Å². The number of methoxy groups -OCH3 is 2. The zero-order valence-electron chi connectivity index (χ0n) is 14.5. The fourth-order valence-corrected chi connectivity index (χ4v) is 2.77. The number of nitrogens with zero attached hydrogens (tertiary/aromatic N) is 4. The van der Waals surface area contributed by atoms with Crippen molar-refractivity contribution >= 4 is 45.9 Å². The molecule has 2 aromatic rings. The highest BCUT2D eigenvalue weighted by Gasteiger charge is 2.11. The quantitative estimate of drug-likeness (QED) is 0.342. The Morgan fingerprint density at radius 2 is 1.96 bits per heavy atom. The Kier molecular flexibility index (Phi) is 8.97. The van der Waals surface area contributed by atoms with Gasteiger partial charge in [0.25, 0.3) is 0 Å². The van der Waals surface area contributed by atoms with Gasteiger partial charge in [-0.15, -0.1) is 24.0 Å². The Morgan fingerprint density at radius 3 is 2.52 bits per heavy atom. The molecule has 0 saturated carbocycles. The van der Waals surface area contributed by atoms with Gasteiger partial charge in [0.05, 0.1) is 25.2 Å². The van der Waals surface area contributed by atoms with Crippen LogP contribution in [0.25, 0.3) is 0 Å². The zero-order valence-corrected chi connectivity index (χ0v) is 18.5. The molecule has 138 valence electrons. The van der Waals surface area contributed by atoms with Crippen LogP contribution in [-0.4, -0.2) is 42.0 Å². The Labute approximate surface area is 172 Å². The molecule has 10 heteroatoms. The molecule has 0 amide bonds. The summed E-state index contributed by atoms with van der Waals surface area (Å²) in [6, 6.07) is 3.90. The lowest BCUT2D eigenvalue weighted by Gasteiger charge is -2.14. The minimum absolute atomic E-state index is 0. The maximum atomic E-state index is 5.35. The number of guanidine groups is 1. The van der Waals surface area contributed by atoms with Crippen LogP contribution < -0.4 is 20.1 Å². The molecule has 0 unspecified atom stereocenters. The topological polar surface area (TPSA) is 85.6 Å². The number of hydrogen-bond acceptors (Lipinski definition) is 5. The molecule has 8 nitrogen and oxygen atoms in total.